The van der Waals surface area contributed by atoms with Crippen LogP contribution in [0.4, 0.5) is 51.2 Å². The molecule has 13 rings (SSSR count). The van der Waals surface area contributed by atoms with E-state index in [1.54, 1.807) is 0 Å². The van der Waals surface area contributed by atoms with E-state index in [1.807, 2.05) is 24.3 Å². The third-order valence-electron chi connectivity index (χ3n) is 16.2. The van der Waals surface area contributed by atoms with Crippen molar-refractivity contribution in [2.24, 2.45) is 0 Å². The summed E-state index contributed by atoms with van der Waals surface area (Å²) in [5.41, 5.74) is 17.0. The maximum absolute atomic E-state index is 10.1. The smallest absolute Gasteiger partial charge is 0.0991 e. The lowest BCUT2D eigenvalue weighted by atomic mass is 9.64. The SMILES string of the molecule is C[Si](C)(C)c1ccc(N(c2ccc(C#N)cc2)c2cc3c(c4ccccc24)-c2c(cc(N(c4ccc(C#N)cc4)c4ccc([Si](C)(C)C)cc4)c4ccccc24)C32c3ccccc3N(c3ccccc3)c3ccccc32)cc1. The average Bonchev–Trinajstić information content (AvgIpc) is 4.01. The highest BCUT2D eigenvalue weighted by Crippen LogP contribution is 2.67. The molecule has 0 saturated heterocycles. The van der Waals surface area contributed by atoms with Crippen molar-refractivity contribution in [1.82, 2.24) is 0 Å². The number of nitriles is 2. The number of rotatable bonds is 9. The maximum Gasteiger partial charge on any atom is 0.0991 e. The summed E-state index contributed by atoms with van der Waals surface area (Å²) in [5.74, 6) is 0. The van der Waals surface area contributed by atoms with Gasteiger partial charge in [0.25, 0.3) is 0 Å². The van der Waals surface area contributed by atoms with Crippen LogP contribution in [-0.4, -0.2) is 16.1 Å². The molecule has 0 aromatic heterocycles. The van der Waals surface area contributed by atoms with E-state index in [0.29, 0.717) is 11.1 Å². The molecule has 78 heavy (non-hydrogen) atoms. The highest BCUT2D eigenvalue weighted by molar-refractivity contribution is 6.89. The van der Waals surface area contributed by atoms with Gasteiger partial charge in [0, 0.05) is 39.2 Å². The van der Waals surface area contributed by atoms with Crippen LogP contribution in [0.2, 0.25) is 39.3 Å². The van der Waals surface area contributed by atoms with Crippen molar-refractivity contribution in [3.8, 4) is 23.3 Å². The van der Waals surface area contributed by atoms with Crippen LogP contribution in [0.15, 0.2) is 237 Å². The molecule has 1 heterocycles. The molecule has 5 nitrogen and oxygen atoms in total. The second-order valence-electron chi connectivity index (χ2n) is 22.8. The summed E-state index contributed by atoms with van der Waals surface area (Å²) in [7, 11) is -3.29. The molecule has 11 aromatic carbocycles. The molecule has 0 atom stereocenters. The minimum absolute atomic E-state index is 0.615. The van der Waals surface area contributed by atoms with Crippen molar-refractivity contribution in [1.29, 1.82) is 10.5 Å². The molecule has 0 unspecified atom stereocenters. The maximum atomic E-state index is 10.1. The summed E-state index contributed by atoms with van der Waals surface area (Å²) in [6, 6.07) is 91.1. The number of hydrogen-bond acceptors (Lipinski definition) is 5. The van der Waals surface area contributed by atoms with Crippen molar-refractivity contribution >= 4 is 99.3 Å². The zero-order valence-corrected chi connectivity index (χ0v) is 46.8. The lowest BCUT2D eigenvalue weighted by Gasteiger charge is -2.45. The molecule has 11 aromatic rings. The van der Waals surface area contributed by atoms with E-state index in [9.17, 15) is 10.5 Å². The Bertz CT molecular complexity index is 3980. The zero-order chi connectivity index (χ0) is 53.5. The molecular formula is C71H57N5Si2. The predicted molar refractivity (Wildman–Crippen MR) is 332 cm³/mol. The van der Waals surface area contributed by atoms with Gasteiger partial charge < -0.3 is 14.7 Å². The van der Waals surface area contributed by atoms with Gasteiger partial charge in [-0.3, -0.25) is 0 Å². The van der Waals surface area contributed by atoms with Gasteiger partial charge >= 0.3 is 0 Å². The van der Waals surface area contributed by atoms with Crippen LogP contribution in [-0.2, 0) is 5.41 Å². The summed E-state index contributed by atoms with van der Waals surface area (Å²) >= 11 is 0. The van der Waals surface area contributed by atoms with E-state index in [1.165, 1.54) is 43.8 Å². The normalized spacial score (nSPS) is 13.1. The van der Waals surface area contributed by atoms with Gasteiger partial charge in [0.15, 0.2) is 0 Å². The predicted octanol–water partition coefficient (Wildman–Crippen LogP) is 17.9. The van der Waals surface area contributed by atoms with Gasteiger partial charge in [0.2, 0.25) is 0 Å². The highest BCUT2D eigenvalue weighted by atomic mass is 28.3. The summed E-state index contributed by atoms with van der Waals surface area (Å²) in [5, 5.41) is 27.5. The topological polar surface area (TPSA) is 57.3 Å². The largest absolute Gasteiger partial charge is 0.310 e. The van der Waals surface area contributed by atoms with Crippen molar-refractivity contribution < 1.29 is 0 Å². The first-order valence-electron chi connectivity index (χ1n) is 26.9. The van der Waals surface area contributed by atoms with Crippen LogP contribution in [0.25, 0.3) is 32.7 Å². The standard InChI is InChI=1S/C71H57N5Si2/c1-77(2,3)55-40-36-53(37-41-55)74(51-32-28-48(46-72)29-33-51)67-44-63-69(59-22-12-10-20-57(59)67)70-60-23-13-11-21-58(60)68(75(52-34-30-49(47-73)31-35-52)54-38-42-56(43-39-54)78(4,5)6)45-64(70)71(63)61-24-14-16-26-65(61)76(50-18-8-7-9-19-50)66-27-17-15-25-62(66)71/h7-45H,1-6H3. The Labute approximate surface area is 459 Å². The molecule has 374 valence electrons. The van der Waals surface area contributed by atoms with Crippen LogP contribution in [0, 0.1) is 22.7 Å². The van der Waals surface area contributed by atoms with Gasteiger partial charge in [-0.15, -0.1) is 0 Å². The van der Waals surface area contributed by atoms with Crippen LogP contribution in [0.5, 0.6) is 0 Å². The Hall–Kier alpha value is -9.25. The average molecular weight is 1040 g/mol. The number of benzene rings is 11. The molecule has 7 heteroatoms. The fourth-order valence-electron chi connectivity index (χ4n) is 12.5. The number of fused-ring (bicyclic) bond motifs is 13. The Morgan fingerprint density at radius 2 is 0.692 bits per heavy atom. The zero-order valence-electron chi connectivity index (χ0n) is 44.8. The number of para-hydroxylation sites is 3. The van der Waals surface area contributed by atoms with Crippen LogP contribution >= 0.6 is 0 Å². The van der Waals surface area contributed by atoms with E-state index in [2.05, 4.69) is 278 Å². The number of nitrogens with zero attached hydrogens (tertiary/aromatic N) is 5. The second kappa shape index (κ2) is 18.5. The Morgan fingerprint density at radius 3 is 1.06 bits per heavy atom. The molecule has 0 amide bonds. The molecule has 0 radical (unpaired) electrons. The summed E-state index contributed by atoms with van der Waals surface area (Å²) in [6.07, 6.45) is 0. The third kappa shape index (κ3) is 7.61. The molecule has 0 bridgehead atoms. The van der Waals surface area contributed by atoms with Gasteiger partial charge in [-0.1, -0.05) is 177 Å². The second-order valence-corrected chi connectivity index (χ2v) is 32.9. The van der Waals surface area contributed by atoms with Crippen molar-refractivity contribution in [2.75, 3.05) is 14.7 Å². The first-order valence-corrected chi connectivity index (χ1v) is 33.9. The van der Waals surface area contributed by atoms with E-state index in [-0.39, 0.29) is 0 Å². The van der Waals surface area contributed by atoms with Crippen molar-refractivity contribution in [3.63, 3.8) is 0 Å². The quantitative estimate of drug-likeness (QED) is 0.135. The van der Waals surface area contributed by atoms with Gasteiger partial charge in [-0.2, -0.15) is 10.5 Å². The Balaban J connectivity index is 1.20. The highest BCUT2D eigenvalue weighted by Gasteiger charge is 2.53. The fourth-order valence-corrected chi connectivity index (χ4v) is 14.8. The molecular weight excluding hydrogens is 979 g/mol. The molecule has 1 aliphatic carbocycles. The lowest BCUT2D eigenvalue weighted by Crippen LogP contribution is -2.37. The number of hydrogen-bond donors (Lipinski definition) is 0. The molecule has 1 aliphatic heterocycles. The van der Waals surface area contributed by atoms with E-state index >= 15 is 0 Å². The van der Waals surface area contributed by atoms with Crippen molar-refractivity contribution in [2.45, 2.75) is 44.7 Å². The van der Waals surface area contributed by atoms with Crippen molar-refractivity contribution in [3.05, 3.63) is 270 Å². The molecule has 0 fully saturated rings. The van der Waals surface area contributed by atoms with Gasteiger partial charge in [-0.05, 0) is 153 Å². The van der Waals surface area contributed by atoms with E-state index < -0.39 is 21.6 Å². The van der Waals surface area contributed by atoms with Crippen LogP contribution in [0.3, 0.4) is 0 Å². The first kappa shape index (κ1) is 48.4. The molecule has 0 N–H and O–H groups in total. The van der Waals surface area contributed by atoms with Gasteiger partial charge in [0.1, 0.15) is 0 Å². The van der Waals surface area contributed by atoms with Crippen LogP contribution < -0.4 is 25.1 Å². The molecule has 2 aliphatic rings. The summed E-state index contributed by atoms with van der Waals surface area (Å²) < 4.78 is 0. The summed E-state index contributed by atoms with van der Waals surface area (Å²) in [4.78, 5) is 7.26. The third-order valence-corrected chi connectivity index (χ3v) is 20.3. The summed E-state index contributed by atoms with van der Waals surface area (Å²) in [6.45, 7) is 14.4. The molecule has 1 spiro atoms. The first-order chi connectivity index (χ1) is 37.9. The monoisotopic (exact) mass is 1040 g/mol. The molecule has 0 saturated carbocycles. The minimum atomic E-state index is -1.65. The van der Waals surface area contributed by atoms with E-state index in [0.717, 1.165) is 72.7 Å². The van der Waals surface area contributed by atoms with E-state index in [4.69, 9.17) is 0 Å². The minimum Gasteiger partial charge on any atom is -0.310 e. The Morgan fingerprint density at radius 1 is 0.359 bits per heavy atom. The fraction of sp³-hybridized carbons (Fsp3) is 0.0986. The van der Waals surface area contributed by atoms with Gasteiger partial charge in [-0.25, -0.2) is 0 Å². The lowest BCUT2D eigenvalue weighted by molar-refractivity contribution is 0.753. The number of anilines is 9. The van der Waals surface area contributed by atoms with Gasteiger partial charge in [0.05, 0.1) is 67.6 Å². The Kier molecular flexibility index (Phi) is 11.5. The van der Waals surface area contributed by atoms with Crippen LogP contribution in [0.1, 0.15) is 33.4 Å².